The van der Waals surface area contributed by atoms with Crippen LogP contribution in [0.2, 0.25) is 0 Å². The fraction of sp³-hybridized carbons (Fsp3) is 0.583. The summed E-state index contributed by atoms with van der Waals surface area (Å²) < 4.78 is 7.34. The zero-order chi connectivity index (χ0) is 12.5. The van der Waals surface area contributed by atoms with Crippen molar-refractivity contribution in [1.82, 2.24) is 9.99 Å². The van der Waals surface area contributed by atoms with Gasteiger partial charge in [0.25, 0.3) is 5.91 Å². The van der Waals surface area contributed by atoms with Gasteiger partial charge in [0.15, 0.2) is 0 Å². The van der Waals surface area contributed by atoms with Crippen molar-refractivity contribution in [3.05, 3.63) is 23.5 Å². The zero-order valence-corrected chi connectivity index (χ0v) is 10.5. The molecule has 1 aliphatic heterocycles. The van der Waals surface area contributed by atoms with E-state index in [0.717, 1.165) is 24.5 Å². The number of carbonyl (C=O) groups excluding carboxylic acids is 1. The number of aryl methyl sites for hydroxylation is 2. The lowest BCUT2D eigenvalue weighted by molar-refractivity contribution is -0.131. The Morgan fingerprint density at radius 2 is 2.06 bits per heavy atom. The van der Waals surface area contributed by atoms with Gasteiger partial charge in [0.1, 0.15) is 6.61 Å². The van der Waals surface area contributed by atoms with E-state index in [1.165, 1.54) is 0 Å². The van der Waals surface area contributed by atoms with Crippen molar-refractivity contribution >= 4 is 5.91 Å². The number of nitrogens with zero attached hydrogens (tertiary/aromatic N) is 1. The van der Waals surface area contributed by atoms with Crippen LogP contribution < -0.4 is 10.7 Å². The van der Waals surface area contributed by atoms with Crippen molar-refractivity contribution in [1.29, 1.82) is 0 Å². The van der Waals surface area contributed by atoms with Crippen LogP contribution in [-0.2, 0) is 9.53 Å². The third-order valence-corrected chi connectivity index (χ3v) is 3.06. The summed E-state index contributed by atoms with van der Waals surface area (Å²) in [5.41, 5.74) is 4.64. The predicted octanol–water partition coefficient (Wildman–Crippen LogP) is 0.554. The van der Waals surface area contributed by atoms with E-state index in [2.05, 4.69) is 10.7 Å². The van der Waals surface area contributed by atoms with Gasteiger partial charge in [-0.05, 0) is 32.9 Å². The molecule has 2 rings (SSSR count). The fourth-order valence-electron chi connectivity index (χ4n) is 1.82. The first-order chi connectivity index (χ1) is 8.00. The summed E-state index contributed by atoms with van der Waals surface area (Å²) in [6, 6.07) is 3.93. The van der Waals surface area contributed by atoms with Crippen LogP contribution in [0.5, 0.6) is 0 Å². The van der Waals surface area contributed by atoms with Gasteiger partial charge >= 0.3 is 0 Å². The Morgan fingerprint density at radius 1 is 1.47 bits per heavy atom. The maximum atomic E-state index is 11.7. The average Bonchev–Trinajstić information content (AvgIpc) is 2.55. The van der Waals surface area contributed by atoms with E-state index < -0.39 is 0 Å². The molecule has 0 aliphatic carbocycles. The third kappa shape index (κ3) is 2.68. The van der Waals surface area contributed by atoms with Crippen LogP contribution in [-0.4, -0.2) is 35.9 Å². The van der Waals surface area contributed by atoms with Gasteiger partial charge in [-0.3, -0.25) is 14.9 Å². The van der Waals surface area contributed by atoms with Crippen molar-refractivity contribution in [3.63, 3.8) is 0 Å². The normalized spacial score (nSPS) is 17.6. The minimum absolute atomic E-state index is 0.0925. The van der Waals surface area contributed by atoms with E-state index in [-0.39, 0.29) is 18.1 Å². The molecule has 5 heteroatoms. The summed E-state index contributed by atoms with van der Waals surface area (Å²) in [5, 5.41) is 3.13. The minimum atomic E-state index is -0.182. The van der Waals surface area contributed by atoms with Crippen LogP contribution in [0.3, 0.4) is 0 Å². The molecule has 0 saturated carbocycles. The number of aromatic nitrogens is 1. The second-order valence-corrected chi connectivity index (χ2v) is 4.83. The summed E-state index contributed by atoms with van der Waals surface area (Å²) in [6.45, 7) is 7.61. The SMILES string of the molecule is Cc1ccc(C)n1NC(=O)COC1(C)CNC1. The molecule has 0 radical (unpaired) electrons. The highest BCUT2D eigenvalue weighted by Gasteiger charge is 2.33. The Kier molecular flexibility index (Phi) is 3.22. The molecule has 17 heavy (non-hydrogen) atoms. The van der Waals surface area contributed by atoms with E-state index in [9.17, 15) is 4.79 Å². The second-order valence-electron chi connectivity index (χ2n) is 4.83. The molecule has 1 fully saturated rings. The van der Waals surface area contributed by atoms with E-state index in [4.69, 9.17) is 4.74 Å². The number of hydrogen-bond donors (Lipinski definition) is 2. The van der Waals surface area contributed by atoms with E-state index >= 15 is 0 Å². The van der Waals surface area contributed by atoms with Crippen LogP contribution >= 0.6 is 0 Å². The maximum Gasteiger partial charge on any atom is 0.264 e. The standard InChI is InChI=1S/C12H19N3O2/c1-9-4-5-10(2)15(9)14-11(16)6-17-12(3)7-13-8-12/h4-5,13H,6-8H2,1-3H3,(H,14,16). The molecule has 0 bridgehead atoms. The Balaban J connectivity index is 1.85. The number of amides is 1. The highest BCUT2D eigenvalue weighted by molar-refractivity contribution is 5.85. The van der Waals surface area contributed by atoms with Crippen LogP contribution in [0.1, 0.15) is 18.3 Å². The Bertz CT molecular complexity index is 402. The smallest absolute Gasteiger partial charge is 0.264 e. The minimum Gasteiger partial charge on any atom is -0.363 e. The summed E-state index contributed by atoms with van der Waals surface area (Å²) in [7, 11) is 0. The lowest BCUT2D eigenvalue weighted by atomic mass is 10.0. The molecule has 1 aromatic heterocycles. The van der Waals surface area contributed by atoms with E-state index in [1.54, 1.807) is 4.68 Å². The number of hydrogen-bond acceptors (Lipinski definition) is 3. The molecule has 5 nitrogen and oxygen atoms in total. The molecule has 2 N–H and O–H groups in total. The van der Waals surface area contributed by atoms with Gasteiger partial charge < -0.3 is 10.1 Å². The molecule has 2 heterocycles. The Labute approximate surface area is 101 Å². The number of nitrogens with one attached hydrogen (secondary N) is 2. The van der Waals surface area contributed by atoms with Gasteiger partial charge in [-0.15, -0.1) is 0 Å². The molecule has 0 unspecified atom stereocenters. The molecule has 0 aromatic carbocycles. The van der Waals surface area contributed by atoms with E-state index in [0.29, 0.717) is 0 Å². The van der Waals surface area contributed by atoms with Crippen LogP contribution in [0.25, 0.3) is 0 Å². The largest absolute Gasteiger partial charge is 0.363 e. The van der Waals surface area contributed by atoms with Crippen molar-refractivity contribution in [3.8, 4) is 0 Å². The van der Waals surface area contributed by atoms with Gasteiger partial charge in [-0.25, -0.2) is 0 Å². The van der Waals surface area contributed by atoms with Crippen molar-refractivity contribution < 1.29 is 9.53 Å². The van der Waals surface area contributed by atoms with Crippen molar-refractivity contribution in [2.24, 2.45) is 0 Å². The lowest BCUT2D eigenvalue weighted by Crippen LogP contribution is -2.59. The number of rotatable bonds is 4. The van der Waals surface area contributed by atoms with Gasteiger partial charge in [-0.1, -0.05) is 0 Å². The first kappa shape index (κ1) is 12.1. The van der Waals surface area contributed by atoms with Crippen LogP contribution in [0.15, 0.2) is 12.1 Å². The van der Waals surface area contributed by atoms with Crippen LogP contribution in [0.4, 0.5) is 0 Å². The number of carbonyl (C=O) groups is 1. The van der Waals surface area contributed by atoms with Crippen molar-refractivity contribution in [2.45, 2.75) is 26.4 Å². The molecular weight excluding hydrogens is 218 g/mol. The first-order valence-electron chi connectivity index (χ1n) is 5.80. The fourth-order valence-corrected chi connectivity index (χ4v) is 1.82. The molecule has 0 atom stereocenters. The average molecular weight is 237 g/mol. The summed E-state index contributed by atoms with van der Waals surface area (Å²) in [5.74, 6) is -0.125. The monoisotopic (exact) mass is 237 g/mol. The highest BCUT2D eigenvalue weighted by Crippen LogP contribution is 2.14. The second kappa shape index (κ2) is 4.50. The lowest BCUT2D eigenvalue weighted by Gasteiger charge is -2.38. The molecule has 1 aromatic rings. The van der Waals surface area contributed by atoms with Crippen molar-refractivity contribution in [2.75, 3.05) is 25.1 Å². The highest BCUT2D eigenvalue weighted by atomic mass is 16.5. The topological polar surface area (TPSA) is 55.3 Å². The molecule has 0 spiro atoms. The quantitative estimate of drug-likeness (QED) is 0.804. The molecule has 1 amide bonds. The Morgan fingerprint density at radius 3 is 2.53 bits per heavy atom. The zero-order valence-electron chi connectivity index (χ0n) is 10.5. The summed E-state index contributed by atoms with van der Waals surface area (Å²) in [6.07, 6.45) is 0. The van der Waals surface area contributed by atoms with Gasteiger partial charge in [-0.2, -0.15) is 0 Å². The molecule has 1 aliphatic rings. The summed E-state index contributed by atoms with van der Waals surface area (Å²) >= 11 is 0. The molecule has 1 saturated heterocycles. The molecular formula is C12H19N3O2. The first-order valence-corrected chi connectivity index (χ1v) is 5.80. The van der Waals surface area contributed by atoms with Gasteiger partial charge in [0, 0.05) is 24.5 Å². The van der Waals surface area contributed by atoms with Gasteiger partial charge in [0.2, 0.25) is 0 Å². The van der Waals surface area contributed by atoms with Gasteiger partial charge in [0.05, 0.1) is 5.60 Å². The third-order valence-electron chi connectivity index (χ3n) is 3.06. The summed E-state index contributed by atoms with van der Waals surface area (Å²) in [4.78, 5) is 11.7. The number of ether oxygens (including phenoxy) is 1. The Hall–Kier alpha value is -1.33. The maximum absolute atomic E-state index is 11.7. The van der Waals surface area contributed by atoms with Crippen LogP contribution in [0, 0.1) is 13.8 Å². The predicted molar refractivity (Wildman–Crippen MR) is 65.5 cm³/mol. The van der Waals surface area contributed by atoms with E-state index in [1.807, 2.05) is 32.9 Å². The molecule has 94 valence electrons.